The standard InChI is InChI=1S/C18H14FNO3/c1-2-23-18(22)16-14(11-21)17(12-6-8-13(19)9-7-12)20-10-4-3-5-15(16)20/h3-11H,2H2,1H3. The van der Waals surface area contributed by atoms with Gasteiger partial charge in [-0.1, -0.05) is 6.07 Å². The summed E-state index contributed by atoms with van der Waals surface area (Å²) in [7, 11) is 0. The smallest absolute Gasteiger partial charge is 0.341 e. The van der Waals surface area contributed by atoms with Crippen molar-refractivity contribution in [3.63, 3.8) is 0 Å². The summed E-state index contributed by atoms with van der Waals surface area (Å²) in [6, 6.07) is 11.1. The van der Waals surface area contributed by atoms with Gasteiger partial charge in [-0.3, -0.25) is 4.79 Å². The van der Waals surface area contributed by atoms with Crippen LogP contribution in [0.3, 0.4) is 0 Å². The lowest BCUT2D eigenvalue weighted by atomic mass is 10.1. The molecule has 0 spiro atoms. The Labute approximate surface area is 132 Å². The van der Waals surface area contributed by atoms with E-state index < -0.39 is 5.97 Å². The van der Waals surface area contributed by atoms with E-state index >= 15 is 0 Å². The van der Waals surface area contributed by atoms with Gasteiger partial charge in [0.25, 0.3) is 0 Å². The molecule has 2 aromatic heterocycles. The quantitative estimate of drug-likeness (QED) is 0.545. The number of carbonyl (C=O) groups is 2. The van der Waals surface area contributed by atoms with Crippen LogP contribution in [0, 0.1) is 5.82 Å². The monoisotopic (exact) mass is 311 g/mol. The molecule has 0 aliphatic carbocycles. The van der Waals surface area contributed by atoms with Crippen LogP contribution < -0.4 is 0 Å². The van der Waals surface area contributed by atoms with Crippen LogP contribution in [0.2, 0.25) is 0 Å². The number of ether oxygens (including phenoxy) is 1. The maximum absolute atomic E-state index is 13.2. The molecule has 1 aromatic carbocycles. The van der Waals surface area contributed by atoms with Crippen LogP contribution in [0.5, 0.6) is 0 Å². The molecule has 5 heteroatoms. The number of carbonyl (C=O) groups excluding carboxylic acids is 2. The van der Waals surface area contributed by atoms with Crippen molar-refractivity contribution in [3.8, 4) is 11.3 Å². The molecule has 3 rings (SSSR count). The number of hydrogen-bond donors (Lipinski definition) is 0. The Bertz CT molecular complexity index is 881. The summed E-state index contributed by atoms with van der Waals surface area (Å²) in [6.07, 6.45) is 2.39. The van der Waals surface area contributed by atoms with Crippen LogP contribution in [0.25, 0.3) is 16.8 Å². The molecule has 0 aliphatic rings. The summed E-state index contributed by atoms with van der Waals surface area (Å²) < 4.78 is 20.0. The van der Waals surface area contributed by atoms with E-state index in [4.69, 9.17) is 4.74 Å². The maximum atomic E-state index is 13.2. The van der Waals surface area contributed by atoms with Crippen molar-refractivity contribution in [2.45, 2.75) is 6.92 Å². The third kappa shape index (κ3) is 2.50. The highest BCUT2D eigenvalue weighted by Crippen LogP contribution is 2.31. The number of esters is 1. The zero-order valence-corrected chi connectivity index (χ0v) is 12.5. The third-order valence-electron chi connectivity index (χ3n) is 3.60. The average Bonchev–Trinajstić information content (AvgIpc) is 2.90. The fourth-order valence-corrected chi connectivity index (χ4v) is 2.66. The van der Waals surface area contributed by atoms with E-state index in [0.29, 0.717) is 23.1 Å². The Kier molecular flexibility index (Phi) is 3.93. The van der Waals surface area contributed by atoms with Crippen LogP contribution >= 0.6 is 0 Å². The van der Waals surface area contributed by atoms with Crippen molar-refractivity contribution in [3.05, 3.63) is 65.6 Å². The van der Waals surface area contributed by atoms with Crippen LogP contribution in [0.4, 0.5) is 4.39 Å². The molecule has 0 aliphatic heterocycles. The van der Waals surface area contributed by atoms with E-state index in [-0.39, 0.29) is 23.6 Å². The molecule has 0 radical (unpaired) electrons. The lowest BCUT2D eigenvalue weighted by Crippen LogP contribution is -2.06. The average molecular weight is 311 g/mol. The summed E-state index contributed by atoms with van der Waals surface area (Å²) in [5, 5.41) is 0. The van der Waals surface area contributed by atoms with Gasteiger partial charge in [0.2, 0.25) is 0 Å². The number of hydrogen-bond acceptors (Lipinski definition) is 3. The van der Waals surface area contributed by atoms with Gasteiger partial charge in [-0.05, 0) is 48.9 Å². The second-order valence-electron chi connectivity index (χ2n) is 4.94. The number of aldehydes is 1. The van der Waals surface area contributed by atoms with Crippen molar-refractivity contribution < 1.29 is 18.7 Å². The molecule has 0 atom stereocenters. The number of rotatable bonds is 4. The zero-order chi connectivity index (χ0) is 16.4. The third-order valence-corrected chi connectivity index (χ3v) is 3.60. The van der Waals surface area contributed by atoms with E-state index in [0.717, 1.165) is 0 Å². The van der Waals surface area contributed by atoms with E-state index in [2.05, 4.69) is 0 Å². The van der Waals surface area contributed by atoms with Gasteiger partial charge in [0.1, 0.15) is 5.82 Å². The summed E-state index contributed by atoms with van der Waals surface area (Å²) in [5.41, 5.74) is 2.22. The number of benzene rings is 1. The van der Waals surface area contributed by atoms with E-state index in [1.807, 2.05) is 0 Å². The first-order chi connectivity index (χ1) is 11.2. The number of pyridine rings is 1. The van der Waals surface area contributed by atoms with Crippen molar-refractivity contribution >= 4 is 17.8 Å². The molecular formula is C18H14FNO3. The van der Waals surface area contributed by atoms with Crippen molar-refractivity contribution in [2.24, 2.45) is 0 Å². The number of nitrogens with zero attached hydrogens (tertiary/aromatic N) is 1. The Hall–Kier alpha value is -2.95. The number of fused-ring (bicyclic) bond motifs is 1. The van der Waals surface area contributed by atoms with Gasteiger partial charge in [-0.15, -0.1) is 0 Å². The molecule has 3 aromatic rings. The predicted octanol–water partition coefficient (Wildman–Crippen LogP) is 3.73. The minimum Gasteiger partial charge on any atom is -0.462 e. The molecule has 0 amide bonds. The fourth-order valence-electron chi connectivity index (χ4n) is 2.66. The normalized spacial score (nSPS) is 10.7. The molecule has 0 bridgehead atoms. The molecule has 4 nitrogen and oxygen atoms in total. The number of halogens is 1. The first kappa shape index (κ1) is 15.0. The van der Waals surface area contributed by atoms with Gasteiger partial charge in [0.15, 0.2) is 6.29 Å². The Morgan fingerprint density at radius 2 is 1.96 bits per heavy atom. The Morgan fingerprint density at radius 3 is 2.61 bits per heavy atom. The SMILES string of the molecule is CCOC(=O)c1c(C=O)c(-c2ccc(F)cc2)n2ccccc12. The highest BCUT2D eigenvalue weighted by Gasteiger charge is 2.24. The van der Waals surface area contributed by atoms with E-state index in [9.17, 15) is 14.0 Å². The number of aromatic nitrogens is 1. The van der Waals surface area contributed by atoms with Crippen LogP contribution in [-0.4, -0.2) is 23.3 Å². The van der Waals surface area contributed by atoms with Crippen molar-refractivity contribution in [1.82, 2.24) is 4.40 Å². The first-order valence-electron chi connectivity index (χ1n) is 7.18. The molecule has 23 heavy (non-hydrogen) atoms. The summed E-state index contributed by atoms with van der Waals surface area (Å²) in [5.74, 6) is -0.917. The molecule has 0 saturated heterocycles. The van der Waals surface area contributed by atoms with Crippen LogP contribution in [0.1, 0.15) is 27.6 Å². The lowest BCUT2D eigenvalue weighted by Gasteiger charge is -2.04. The van der Waals surface area contributed by atoms with Gasteiger partial charge in [0.05, 0.1) is 28.9 Å². The van der Waals surface area contributed by atoms with Crippen molar-refractivity contribution in [1.29, 1.82) is 0 Å². The molecule has 0 saturated carbocycles. The summed E-state index contributed by atoms with van der Waals surface area (Å²) in [6.45, 7) is 1.92. The van der Waals surface area contributed by atoms with E-state index in [1.165, 1.54) is 12.1 Å². The van der Waals surface area contributed by atoms with Gasteiger partial charge in [0, 0.05) is 6.20 Å². The van der Waals surface area contributed by atoms with Crippen LogP contribution in [-0.2, 0) is 4.74 Å². The molecule has 0 N–H and O–H groups in total. The van der Waals surface area contributed by atoms with Gasteiger partial charge in [-0.25, -0.2) is 9.18 Å². The molecule has 0 fully saturated rings. The van der Waals surface area contributed by atoms with Crippen LogP contribution in [0.15, 0.2) is 48.7 Å². The predicted molar refractivity (Wildman–Crippen MR) is 84.1 cm³/mol. The summed E-state index contributed by atoms with van der Waals surface area (Å²) >= 11 is 0. The minimum atomic E-state index is -0.549. The Balaban J connectivity index is 2.35. The van der Waals surface area contributed by atoms with Gasteiger partial charge in [-0.2, -0.15) is 0 Å². The highest BCUT2D eigenvalue weighted by atomic mass is 19.1. The first-order valence-corrected chi connectivity index (χ1v) is 7.18. The zero-order valence-electron chi connectivity index (χ0n) is 12.5. The molecule has 0 unspecified atom stereocenters. The second kappa shape index (κ2) is 6.04. The van der Waals surface area contributed by atoms with Crippen molar-refractivity contribution in [2.75, 3.05) is 6.61 Å². The van der Waals surface area contributed by atoms with E-state index in [1.54, 1.807) is 47.9 Å². The minimum absolute atomic E-state index is 0.215. The highest BCUT2D eigenvalue weighted by molar-refractivity contribution is 6.09. The fraction of sp³-hybridized carbons (Fsp3) is 0.111. The largest absolute Gasteiger partial charge is 0.462 e. The summed E-state index contributed by atoms with van der Waals surface area (Å²) in [4.78, 5) is 24.0. The second-order valence-corrected chi connectivity index (χ2v) is 4.94. The van der Waals surface area contributed by atoms with Gasteiger partial charge >= 0.3 is 5.97 Å². The molecular weight excluding hydrogens is 297 g/mol. The molecule has 116 valence electrons. The maximum Gasteiger partial charge on any atom is 0.341 e. The van der Waals surface area contributed by atoms with Gasteiger partial charge < -0.3 is 9.14 Å². The topological polar surface area (TPSA) is 47.8 Å². The Morgan fingerprint density at radius 1 is 1.22 bits per heavy atom. The lowest BCUT2D eigenvalue weighted by molar-refractivity contribution is 0.0527. The molecule has 2 heterocycles.